The lowest BCUT2D eigenvalue weighted by Crippen LogP contribution is -2.32. The molecule has 1 aliphatic heterocycles. The van der Waals surface area contributed by atoms with Crippen LogP contribution in [0.4, 0.5) is 0 Å². The minimum atomic E-state index is -0.620. The van der Waals surface area contributed by atoms with E-state index in [1.165, 1.54) is 19.5 Å². The number of nitrogens with one attached hydrogen (secondary N) is 1. The maximum absolute atomic E-state index is 10.9. The number of hydrogen-bond donors (Lipinski definition) is 1. The third kappa shape index (κ3) is 4.53. The molecule has 1 N–H and O–H groups in total. The van der Waals surface area contributed by atoms with Gasteiger partial charge in [-0.1, -0.05) is 6.92 Å². The zero-order chi connectivity index (χ0) is 10.4. The molecule has 0 aromatic carbocycles. The molecule has 1 saturated heterocycles. The highest BCUT2D eigenvalue weighted by Crippen LogP contribution is 2.09. The van der Waals surface area contributed by atoms with E-state index in [0.717, 1.165) is 25.3 Å². The molecule has 0 radical (unpaired) electrons. The minimum Gasteiger partial charge on any atom is -0.313 e. The van der Waals surface area contributed by atoms with Crippen LogP contribution in [-0.4, -0.2) is 53.3 Å². The second-order valence-corrected chi connectivity index (χ2v) is 5.53. The van der Waals surface area contributed by atoms with Gasteiger partial charge in [0.1, 0.15) is 0 Å². The van der Waals surface area contributed by atoms with Gasteiger partial charge >= 0.3 is 0 Å². The van der Waals surface area contributed by atoms with Gasteiger partial charge in [-0.3, -0.25) is 4.21 Å². The Hall–Kier alpha value is 0.0700. The van der Waals surface area contributed by atoms with Gasteiger partial charge in [0.25, 0.3) is 0 Å². The van der Waals surface area contributed by atoms with E-state index < -0.39 is 10.8 Å². The molecular weight excluding hydrogens is 196 g/mol. The lowest BCUT2D eigenvalue weighted by molar-refractivity contribution is 0.330. The van der Waals surface area contributed by atoms with Crippen LogP contribution >= 0.6 is 0 Å². The number of likely N-dealkylation sites (N-methyl/N-ethyl adjacent to an activating group) is 1. The third-order valence-electron chi connectivity index (χ3n) is 2.67. The molecule has 1 fully saturated rings. The van der Waals surface area contributed by atoms with Crippen molar-refractivity contribution in [3.05, 3.63) is 0 Å². The number of likely N-dealkylation sites (tertiary alicyclic amines) is 1. The van der Waals surface area contributed by atoms with E-state index in [1.54, 1.807) is 6.26 Å². The van der Waals surface area contributed by atoms with E-state index in [9.17, 15) is 4.21 Å². The summed E-state index contributed by atoms with van der Waals surface area (Å²) >= 11 is 0. The van der Waals surface area contributed by atoms with Crippen LogP contribution in [0.2, 0.25) is 0 Å². The largest absolute Gasteiger partial charge is 0.313 e. The first kappa shape index (κ1) is 12.1. The molecule has 84 valence electrons. The van der Waals surface area contributed by atoms with Gasteiger partial charge in [0, 0.05) is 35.4 Å². The SMILES string of the molecule is CCNC1CCN(CCCS(C)=O)C1. The standard InChI is InChI=1S/C10H22N2OS/c1-3-11-10-5-7-12(9-10)6-4-8-14(2)13/h10-11H,3-9H2,1-2H3. The second kappa shape index (κ2) is 6.53. The van der Waals surface area contributed by atoms with Crippen LogP contribution < -0.4 is 5.32 Å². The quantitative estimate of drug-likeness (QED) is 0.702. The summed E-state index contributed by atoms with van der Waals surface area (Å²) in [6.07, 6.45) is 4.12. The fraction of sp³-hybridized carbons (Fsp3) is 1.00. The van der Waals surface area contributed by atoms with Crippen molar-refractivity contribution in [1.82, 2.24) is 10.2 Å². The van der Waals surface area contributed by atoms with Crippen LogP contribution in [0.25, 0.3) is 0 Å². The monoisotopic (exact) mass is 218 g/mol. The molecule has 4 heteroatoms. The molecule has 1 rings (SSSR count). The topological polar surface area (TPSA) is 32.3 Å². The molecule has 0 aliphatic carbocycles. The summed E-state index contributed by atoms with van der Waals surface area (Å²) in [5, 5.41) is 3.47. The summed E-state index contributed by atoms with van der Waals surface area (Å²) in [6.45, 7) is 6.71. The van der Waals surface area contributed by atoms with Crippen molar-refractivity contribution in [2.45, 2.75) is 25.8 Å². The summed E-state index contributed by atoms with van der Waals surface area (Å²) in [5.41, 5.74) is 0. The predicted octanol–water partition coefficient (Wildman–Crippen LogP) is 0.439. The van der Waals surface area contributed by atoms with Gasteiger partial charge in [-0.05, 0) is 32.5 Å². The third-order valence-corrected chi connectivity index (χ3v) is 3.53. The molecule has 1 heterocycles. The molecule has 0 spiro atoms. The van der Waals surface area contributed by atoms with Gasteiger partial charge in [0.2, 0.25) is 0 Å². The number of nitrogens with zero attached hydrogens (tertiary/aromatic N) is 1. The first-order valence-corrected chi connectivity index (χ1v) is 7.21. The summed E-state index contributed by atoms with van der Waals surface area (Å²) in [6, 6.07) is 0.687. The average molecular weight is 218 g/mol. The fourth-order valence-corrected chi connectivity index (χ4v) is 2.52. The average Bonchev–Trinajstić information content (AvgIpc) is 2.53. The predicted molar refractivity (Wildman–Crippen MR) is 62.1 cm³/mol. The van der Waals surface area contributed by atoms with E-state index in [2.05, 4.69) is 17.1 Å². The van der Waals surface area contributed by atoms with Crippen molar-refractivity contribution in [2.75, 3.05) is 38.2 Å². The van der Waals surface area contributed by atoms with E-state index in [0.29, 0.717) is 6.04 Å². The van der Waals surface area contributed by atoms with Gasteiger partial charge in [-0.25, -0.2) is 0 Å². The molecule has 0 amide bonds. The van der Waals surface area contributed by atoms with Crippen molar-refractivity contribution in [3.8, 4) is 0 Å². The Kier molecular flexibility index (Phi) is 5.67. The van der Waals surface area contributed by atoms with E-state index in [4.69, 9.17) is 0 Å². The zero-order valence-electron chi connectivity index (χ0n) is 9.29. The van der Waals surface area contributed by atoms with Gasteiger partial charge in [-0.15, -0.1) is 0 Å². The Balaban J connectivity index is 2.07. The zero-order valence-corrected chi connectivity index (χ0v) is 10.1. The highest BCUT2D eigenvalue weighted by molar-refractivity contribution is 7.84. The highest BCUT2D eigenvalue weighted by atomic mass is 32.2. The lowest BCUT2D eigenvalue weighted by Gasteiger charge is -2.15. The molecule has 0 aromatic heterocycles. The smallest absolute Gasteiger partial charge is 0.0244 e. The molecule has 0 bridgehead atoms. The molecule has 2 unspecified atom stereocenters. The summed E-state index contributed by atoms with van der Waals surface area (Å²) < 4.78 is 10.9. The van der Waals surface area contributed by atoms with E-state index >= 15 is 0 Å². The first-order chi connectivity index (χ1) is 6.72. The van der Waals surface area contributed by atoms with E-state index in [1.807, 2.05) is 0 Å². The van der Waals surface area contributed by atoms with Crippen LogP contribution in [-0.2, 0) is 10.8 Å². The van der Waals surface area contributed by atoms with Crippen molar-refractivity contribution in [2.24, 2.45) is 0 Å². The van der Waals surface area contributed by atoms with Gasteiger partial charge < -0.3 is 10.2 Å². The maximum Gasteiger partial charge on any atom is 0.0244 e. The van der Waals surface area contributed by atoms with Gasteiger partial charge in [-0.2, -0.15) is 0 Å². The summed E-state index contributed by atoms with van der Waals surface area (Å²) in [7, 11) is -0.620. The number of hydrogen-bond acceptors (Lipinski definition) is 3. The second-order valence-electron chi connectivity index (χ2n) is 3.97. The Morgan fingerprint density at radius 2 is 2.36 bits per heavy atom. The molecular formula is C10H22N2OS. The van der Waals surface area contributed by atoms with Crippen LogP contribution in [0.3, 0.4) is 0 Å². The molecule has 0 aromatic rings. The Bertz CT molecular complexity index is 187. The molecule has 14 heavy (non-hydrogen) atoms. The van der Waals surface area contributed by atoms with E-state index in [-0.39, 0.29) is 0 Å². The lowest BCUT2D eigenvalue weighted by atomic mass is 10.3. The van der Waals surface area contributed by atoms with Crippen molar-refractivity contribution >= 4 is 10.8 Å². The normalized spacial score (nSPS) is 25.4. The van der Waals surface area contributed by atoms with Crippen molar-refractivity contribution < 1.29 is 4.21 Å². The first-order valence-electron chi connectivity index (χ1n) is 5.48. The summed E-state index contributed by atoms with van der Waals surface area (Å²) in [4.78, 5) is 2.47. The van der Waals surface area contributed by atoms with Crippen LogP contribution in [0.15, 0.2) is 0 Å². The maximum atomic E-state index is 10.9. The molecule has 0 saturated carbocycles. The molecule has 2 atom stereocenters. The van der Waals surface area contributed by atoms with Crippen LogP contribution in [0.1, 0.15) is 19.8 Å². The fourth-order valence-electron chi connectivity index (χ4n) is 1.98. The van der Waals surface area contributed by atoms with Crippen LogP contribution in [0.5, 0.6) is 0 Å². The Labute approximate surface area is 89.7 Å². The highest BCUT2D eigenvalue weighted by Gasteiger charge is 2.20. The van der Waals surface area contributed by atoms with Crippen LogP contribution in [0, 0.1) is 0 Å². The summed E-state index contributed by atoms with van der Waals surface area (Å²) in [5.74, 6) is 0.850. The minimum absolute atomic E-state index is 0.620. The Morgan fingerprint density at radius 1 is 1.57 bits per heavy atom. The number of rotatable bonds is 6. The molecule has 3 nitrogen and oxygen atoms in total. The van der Waals surface area contributed by atoms with Gasteiger partial charge in [0.15, 0.2) is 0 Å². The van der Waals surface area contributed by atoms with Gasteiger partial charge in [0.05, 0.1) is 0 Å². The Morgan fingerprint density at radius 3 is 3.00 bits per heavy atom. The molecule has 1 aliphatic rings. The van der Waals surface area contributed by atoms with Crippen molar-refractivity contribution in [1.29, 1.82) is 0 Å². The van der Waals surface area contributed by atoms with Crippen molar-refractivity contribution in [3.63, 3.8) is 0 Å².